The molecule has 2 aliphatic carbocycles. The predicted molar refractivity (Wildman–Crippen MR) is 74.3 cm³/mol. The lowest BCUT2D eigenvalue weighted by Crippen LogP contribution is -2.53. The van der Waals surface area contributed by atoms with E-state index in [-0.39, 0.29) is 24.4 Å². The molecule has 6 nitrogen and oxygen atoms in total. The van der Waals surface area contributed by atoms with Gasteiger partial charge in [-0.2, -0.15) is 0 Å². The molecule has 4 aliphatic rings. The van der Waals surface area contributed by atoms with Crippen LogP contribution >= 0.6 is 0 Å². The van der Waals surface area contributed by atoms with Crippen LogP contribution in [0.4, 0.5) is 0 Å². The minimum absolute atomic E-state index is 0.00617. The Morgan fingerprint density at radius 2 is 1.32 bits per heavy atom. The number of aliphatic carboxylic acids is 2. The van der Waals surface area contributed by atoms with Gasteiger partial charge in [-0.3, -0.25) is 9.59 Å². The van der Waals surface area contributed by atoms with Crippen molar-refractivity contribution in [1.82, 2.24) is 0 Å². The van der Waals surface area contributed by atoms with Crippen LogP contribution in [0.15, 0.2) is 0 Å². The van der Waals surface area contributed by atoms with Crippen molar-refractivity contribution in [3.63, 3.8) is 0 Å². The van der Waals surface area contributed by atoms with Crippen LogP contribution < -0.4 is 0 Å². The van der Waals surface area contributed by atoms with Gasteiger partial charge in [0.2, 0.25) is 0 Å². The van der Waals surface area contributed by atoms with Crippen molar-refractivity contribution < 1.29 is 29.3 Å². The van der Waals surface area contributed by atoms with E-state index < -0.39 is 28.7 Å². The maximum atomic E-state index is 12.1. The first kappa shape index (κ1) is 14.5. The van der Waals surface area contributed by atoms with Gasteiger partial charge in [0.05, 0.1) is 35.2 Å². The Kier molecular flexibility index (Phi) is 2.92. The molecule has 0 aromatic rings. The Balaban J connectivity index is 1.68. The van der Waals surface area contributed by atoms with Crippen LogP contribution in [0, 0.1) is 16.7 Å². The first-order chi connectivity index (χ1) is 10.4. The molecule has 2 saturated heterocycles. The zero-order valence-electron chi connectivity index (χ0n) is 12.7. The molecule has 122 valence electrons. The summed E-state index contributed by atoms with van der Waals surface area (Å²) in [5, 5.41) is 19.8. The number of ether oxygens (including phenoxy) is 2. The maximum absolute atomic E-state index is 12.1. The summed E-state index contributed by atoms with van der Waals surface area (Å²) in [5.74, 6) is -2.16. The number of carbonyl (C=O) groups is 2. The summed E-state index contributed by atoms with van der Waals surface area (Å²) >= 11 is 0. The van der Waals surface area contributed by atoms with Crippen molar-refractivity contribution >= 4 is 11.9 Å². The predicted octanol–water partition coefficient (Wildman–Crippen LogP) is 1.67. The molecular weight excluding hydrogens is 288 g/mol. The number of hydrogen-bond donors (Lipinski definition) is 2. The highest BCUT2D eigenvalue weighted by molar-refractivity contribution is 5.80. The largest absolute Gasteiger partial charge is 0.481 e. The van der Waals surface area contributed by atoms with E-state index in [0.717, 1.165) is 12.8 Å². The van der Waals surface area contributed by atoms with Crippen molar-refractivity contribution in [2.75, 3.05) is 0 Å². The van der Waals surface area contributed by atoms with E-state index in [9.17, 15) is 19.8 Å². The second kappa shape index (κ2) is 4.45. The average Bonchev–Trinajstić information content (AvgIpc) is 3.37. The molecule has 0 aromatic heterocycles. The first-order valence-electron chi connectivity index (χ1n) is 8.17. The van der Waals surface area contributed by atoms with Gasteiger partial charge in [0, 0.05) is 0 Å². The molecule has 2 aliphatic heterocycles. The van der Waals surface area contributed by atoms with Crippen molar-refractivity contribution in [3.05, 3.63) is 0 Å². The zero-order valence-corrected chi connectivity index (χ0v) is 12.7. The summed E-state index contributed by atoms with van der Waals surface area (Å²) in [6, 6.07) is 0. The number of carboxylic acid groups (broad SMARTS) is 2. The summed E-state index contributed by atoms with van der Waals surface area (Å²) in [4.78, 5) is 24.2. The molecule has 2 N–H and O–H groups in total. The molecule has 2 heterocycles. The van der Waals surface area contributed by atoms with Crippen molar-refractivity contribution in [2.24, 2.45) is 16.7 Å². The van der Waals surface area contributed by atoms with Crippen LogP contribution in [0.5, 0.6) is 0 Å². The molecule has 0 radical (unpaired) electrons. The minimum atomic E-state index is -0.988. The van der Waals surface area contributed by atoms with E-state index >= 15 is 0 Å². The second-order valence-corrected chi connectivity index (χ2v) is 7.56. The van der Waals surface area contributed by atoms with Crippen LogP contribution in [0.25, 0.3) is 0 Å². The van der Waals surface area contributed by atoms with E-state index in [1.54, 1.807) is 0 Å². The van der Waals surface area contributed by atoms with Gasteiger partial charge < -0.3 is 19.7 Å². The topological polar surface area (TPSA) is 99.7 Å². The molecule has 6 atom stereocenters. The van der Waals surface area contributed by atoms with E-state index in [0.29, 0.717) is 25.7 Å². The summed E-state index contributed by atoms with van der Waals surface area (Å²) in [7, 11) is 0. The highest BCUT2D eigenvalue weighted by Crippen LogP contribution is 2.60. The third kappa shape index (κ3) is 1.86. The summed E-state index contributed by atoms with van der Waals surface area (Å²) in [6.45, 7) is 1.83. The third-order valence-corrected chi connectivity index (χ3v) is 6.77. The van der Waals surface area contributed by atoms with Crippen molar-refractivity contribution in [1.29, 1.82) is 0 Å². The fourth-order valence-electron chi connectivity index (χ4n) is 5.02. The highest BCUT2D eigenvalue weighted by atomic mass is 16.6. The fraction of sp³-hybridized carbons (Fsp3) is 0.875. The molecule has 0 spiro atoms. The van der Waals surface area contributed by atoms with Gasteiger partial charge in [0.15, 0.2) is 0 Å². The highest BCUT2D eigenvalue weighted by Gasteiger charge is 2.65. The van der Waals surface area contributed by atoms with Gasteiger partial charge in [0.25, 0.3) is 0 Å². The van der Waals surface area contributed by atoms with Crippen LogP contribution in [0.2, 0.25) is 0 Å². The Morgan fingerprint density at radius 3 is 1.64 bits per heavy atom. The van der Waals surface area contributed by atoms with Gasteiger partial charge in [-0.1, -0.05) is 6.92 Å². The SMILES string of the molecule is CC(C1(C(=O)O)CCC2OC2C1)C1(C(=O)O)CCC2OC2C1. The van der Waals surface area contributed by atoms with E-state index in [1.807, 2.05) is 6.92 Å². The molecule has 4 fully saturated rings. The number of hydrogen-bond acceptors (Lipinski definition) is 4. The van der Waals surface area contributed by atoms with Crippen LogP contribution in [0.3, 0.4) is 0 Å². The van der Waals surface area contributed by atoms with Gasteiger partial charge in [0.1, 0.15) is 0 Å². The monoisotopic (exact) mass is 310 g/mol. The Labute approximate surface area is 128 Å². The molecular formula is C16H22O6. The zero-order chi connectivity index (χ0) is 15.7. The number of rotatable bonds is 4. The first-order valence-corrected chi connectivity index (χ1v) is 8.17. The van der Waals surface area contributed by atoms with Crippen molar-refractivity contribution in [2.45, 2.75) is 69.9 Å². The number of epoxide rings is 2. The van der Waals surface area contributed by atoms with E-state index in [2.05, 4.69) is 0 Å². The molecule has 6 unspecified atom stereocenters. The lowest BCUT2D eigenvalue weighted by atomic mass is 9.54. The van der Waals surface area contributed by atoms with E-state index in [1.165, 1.54) is 0 Å². The molecule has 4 rings (SSSR count). The molecule has 0 aromatic carbocycles. The Morgan fingerprint density at radius 1 is 0.909 bits per heavy atom. The van der Waals surface area contributed by atoms with Crippen LogP contribution in [-0.4, -0.2) is 46.6 Å². The fourth-order valence-corrected chi connectivity index (χ4v) is 5.02. The molecule has 22 heavy (non-hydrogen) atoms. The number of carboxylic acids is 2. The molecule has 2 saturated carbocycles. The number of fused-ring (bicyclic) bond motifs is 2. The average molecular weight is 310 g/mol. The van der Waals surface area contributed by atoms with E-state index in [4.69, 9.17) is 9.47 Å². The van der Waals surface area contributed by atoms with Gasteiger partial charge in [-0.05, 0) is 44.4 Å². The minimum Gasteiger partial charge on any atom is -0.481 e. The smallest absolute Gasteiger partial charge is 0.310 e. The normalized spacial score (nSPS) is 50.4. The van der Waals surface area contributed by atoms with Crippen molar-refractivity contribution in [3.8, 4) is 0 Å². The molecule has 0 amide bonds. The standard InChI is InChI=1S/C16H22O6/c1-8(15(13(17)18)4-2-9-11(6-15)21-9)16(14(19)20)5-3-10-12(7-16)22-10/h8-12H,2-7H2,1H3,(H,17,18)(H,19,20). The van der Waals surface area contributed by atoms with Crippen LogP contribution in [-0.2, 0) is 19.1 Å². The second-order valence-electron chi connectivity index (χ2n) is 7.56. The lowest BCUT2D eigenvalue weighted by molar-refractivity contribution is -0.170. The Hall–Kier alpha value is -1.14. The van der Waals surface area contributed by atoms with Gasteiger partial charge >= 0.3 is 11.9 Å². The molecule has 6 heteroatoms. The summed E-state index contributed by atoms with van der Waals surface area (Å²) < 4.78 is 11.0. The Bertz CT molecular complexity index is 487. The molecule has 0 bridgehead atoms. The van der Waals surface area contributed by atoms with Gasteiger partial charge in [-0.15, -0.1) is 0 Å². The summed E-state index contributed by atoms with van der Waals surface area (Å²) in [6.07, 6.45) is 3.75. The van der Waals surface area contributed by atoms with Crippen LogP contribution in [0.1, 0.15) is 45.4 Å². The quantitative estimate of drug-likeness (QED) is 0.766. The lowest BCUT2D eigenvalue weighted by Gasteiger charge is -2.47. The summed E-state index contributed by atoms with van der Waals surface area (Å²) in [5.41, 5.74) is -1.98. The van der Waals surface area contributed by atoms with Gasteiger partial charge in [-0.25, -0.2) is 0 Å². The maximum Gasteiger partial charge on any atom is 0.310 e. The third-order valence-electron chi connectivity index (χ3n) is 6.77.